The van der Waals surface area contributed by atoms with E-state index in [9.17, 15) is 9.59 Å². The summed E-state index contributed by atoms with van der Waals surface area (Å²) >= 11 is 0. The third kappa shape index (κ3) is 3.43. The van der Waals surface area contributed by atoms with E-state index in [4.69, 9.17) is 4.74 Å². The van der Waals surface area contributed by atoms with Crippen LogP contribution < -0.4 is 0 Å². The van der Waals surface area contributed by atoms with E-state index in [1.807, 2.05) is 70.0 Å². The van der Waals surface area contributed by atoms with E-state index in [0.29, 0.717) is 32.1 Å². The van der Waals surface area contributed by atoms with Crippen LogP contribution in [0.4, 0.5) is 0 Å². The molecule has 0 aliphatic carbocycles. The first-order valence-electron chi connectivity index (χ1n) is 9.43. The Morgan fingerprint density at radius 2 is 1.89 bits per heavy atom. The standard InChI is InChI=1S/C17H17N3O2.C4H10O2/c1-13(21)19-10-11-20-16(22)15-8-5-9-18(15)12-17(19,20)14-6-3-2-4-7-14;1-3-6-4-5-2/h2-9H,10-12H2,1H3;3-4H2,1-2H3. The van der Waals surface area contributed by atoms with Crippen LogP contribution in [0.3, 0.4) is 0 Å². The highest BCUT2D eigenvalue weighted by Gasteiger charge is 2.55. The summed E-state index contributed by atoms with van der Waals surface area (Å²) in [6.45, 7) is 6.36. The summed E-state index contributed by atoms with van der Waals surface area (Å²) in [5.74, 6) is -0.0152. The number of aromatic nitrogens is 1. The minimum absolute atomic E-state index is 0.00485. The molecular formula is C21H27N3O4. The first kappa shape index (κ1) is 20.1. The molecule has 0 N–H and O–H groups in total. The molecule has 28 heavy (non-hydrogen) atoms. The van der Waals surface area contributed by atoms with E-state index < -0.39 is 5.66 Å². The molecule has 2 aliphatic heterocycles. The molecule has 1 aromatic carbocycles. The Labute approximate surface area is 165 Å². The summed E-state index contributed by atoms with van der Waals surface area (Å²) in [4.78, 5) is 28.8. The smallest absolute Gasteiger partial charge is 0.272 e. The molecule has 1 atom stereocenters. The SMILES string of the molecule is CC(=O)N1CCN2C(=O)c3cccn3CC12c1ccccc1.CCOCOC. The van der Waals surface area contributed by atoms with Crippen LogP contribution in [0.25, 0.3) is 0 Å². The number of methoxy groups -OCH3 is 1. The molecule has 4 rings (SSSR count). The van der Waals surface area contributed by atoms with Crippen molar-refractivity contribution in [2.24, 2.45) is 0 Å². The highest BCUT2D eigenvalue weighted by Crippen LogP contribution is 2.42. The van der Waals surface area contributed by atoms with Crippen LogP contribution in [-0.4, -0.2) is 59.8 Å². The van der Waals surface area contributed by atoms with Crippen molar-refractivity contribution in [2.75, 3.05) is 33.6 Å². The molecular weight excluding hydrogens is 358 g/mol. The molecule has 7 nitrogen and oxygen atoms in total. The number of amides is 2. The minimum Gasteiger partial charge on any atom is -0.359 e. The zero-order chi connectivity index (χ0) is 20.1. The molecule has 1 saturated heterocycles. The molecule has 1 fully saturated rings. The van der Waals surface area contributed by atoms with Crippen LogP contribution in [-0.2, 0) is 26.5 Å². The molecule has 2 aromatic rings. The van der Waals surface area contributed by atoms with Gasteiger partial charge in [0.1, 0.15) is 12.5 Å². The van der Waals surface area contributed by atoms with Gasteiger partial charge in [0.15, 0.2) is 5.66 Å². The molecule has 2 amide bonds. The third-order valence-corrected chi connectivity index (χ3v) is 5.15. The summed E-state index contributed by atoms with van der Waals surface area (Å²) in [7, 11) is 1.61. The van der Waals surface area contributed by atoms with Crippen LogP contribution in [0.15, 0.2) is 48.7 Å². The van der Waals surface area contributed by atoms with Gasteiger partial charge in [0.2, 0.25) is 5.91 Å². The first-order chi connectivity index (χ1) is 13.6. The highest BCUT2D eigenvalue weighted by molar-refractivity contribution is 5.95. The Bertz CT molecular complexity index is 816. The zero-order valence-corrected chi connectivity index (χ0v) is 16.6. The topological polar surface area (TPSA) is 64.0 Å². The van der Waals surface area contributed by atoms with Gasteiger partial charge in [-0.25, -0.2) is 0 Å². The van der Waals surface area contributed by atoms with Gasteiger partial charge >= 0.3 is 0 Å². The van der Waals surface area contributed by atoms with E-state index in [2.05, 4.69) is 4.74 Å². The molecule has 0 bridgehead atoms. The van der Waals surface area contributed by atoms with Gasteiger partial charge in [-0.3, -0.25) is 9.59 Å². The summed E-state index contributed by atoms with van der Waals surface area (Å²) in [6, 6.07) is 13.6. The summed E-state index contributed by atoms with van der Waals surface area (Å²) in [5.41, 5.74) is 0.961. The Morgan fingerprint density at radius 1 is 1.14 bits per heavy atom. The fraction of sp³-hybridized carbons (Fsp3) is 0.429. The lowest BCUT2D eigenvalue weighted by Gasteiger charge is -2.47. The van der Waals surface area contributed by atoms with E-state index in [-0.39, 0.29) is 11.8 Å². The first-order valence-corrected chi connectivity index (χ1v) is 9.43. The van der Waals surface area contributed by atoms with Crippen LogP contribution in [0.5, 0.6) is 0 Å². The number of ether oxygens (including phenoxy) is 2. The van der Waals surface area contributed by atoms with Crippen molar-refractivity contribution in [1.29, 1.82) is 0 Å². The summed E-state index contributed by atoms with van der Waals surface area (Å²) in [6.07, 6.45) is 1.91. The van der Waals surface area contributed by atoms with Gasteiger partial charge in [0, 0.05) is 39.9 Å². The van der Waals surface area contributed by atoms with Crippen molar-refractivity contribution in [3.63, 3.8) is 0 Å². The summed E-state index contributed by atoms with van der Waals surface area (Å²) < 4.78 is 11.3. The van der Waals surface area contributed by atoms with Gasteiger partial charge < -0.3 is 23.8 Å². The van der Waals surface area contributed by atoms with E-state index >= 15 is 0 Å². The molecule has 2 aliphatic rings. The van der Waals surface area contributed by atoms with Crippen LogP contribution in [0.2, 0.25) is 0 Å². The van der Waals surface area contributed by atoms with Crippen molar-refractivity contribution in [2.45, 2.75) is 26.1 Å². The normalized spacial score (nSPS) is 20.3. The predicted molar refractivity (Wildman–Crippen MR) is 104 cm³/mol. The average Bonchev–Trinajstić information content (AvgIpc) is 3.33. The average molecular weight is 385 g/mol. The fourth-order valence-electron chi connectivity index (χ4n) is 3.97. The maximum absolute atomic E-state index is 12.9. The van der Waals surface area contributed by atoms with E-state index in [1.165, 1.54) is 0 Å². The molecule has 0 saturated carbocycles. The molecule has 1 unspecified atom stereocenters. The predicted octanol–water partition coefficient (Wildman–Crippen LogP) is 2.29. The molecule has 1 aromatic heterocycles. The lowest BCUT2D eigenvalue weighted by atomic mass is 9.94. The number of rotatable bonds is 4. The molecule has 7 heteroatoms. The minimum atomic E-state index is -0.712. The third-order valence-electron chi connectivity index (χ3n) is 5.15. The van der Waals surface area contributed by atoms with Gasteiger partial charge in [-0.2, -0.15) is 0 Å². The largest absolute Gasteiger partial charge is 0.359 e. The van der Waals surface area contributed by atoms with Gasteiger partial charge in [-0.1, -0.05) is 30.3 Å². The molecule has 0 radical (unpaired) electrons. The Kier molecular flexibility index (Phi) is 6.16. The second-order valence-electron chi connectivity index (χ2n) is 6.73. The lowest BCUT2D eigenvalue weighted by Crippen LogP contribution is -2.59. The maximum atomic E-state index is 12.9. The molecule has 150 valence electrons. The number of benzene rings is 1. The molecule has 0 spiro atoms. The number of fused-ring (bicyclic) bond motifs is 2. The van der Waals surface area contributed by atoms with Crippen LogP contribution in [0, 0.1) is 0 Å². The van der Waals surface area contributed by atoms with Crippen molar-refractivity contribution >= 4 is 11.8 Å². The highest BCUT2D eigenvalue weighted by atomic mass is 16.7. The fourth-order valence-corrected chi connectivity index (χ4v) is 3.97. The van der Waals surface area contributed by atoms with Crippen molar-refractivity contribution in [3.05, 3.63) is 59.9 Å². The molecule has 3 heterocycles. The Hall–Kier alpha value is -2.64. The quantitative estimate of drug-likeness (QED) is 0.598. The lowest BCUT2D eigenvalue weighted by molar-refractivity contribution is -0.138. The van der Waals surface area contributed by atoms with Crippen molar-refractivity contribution < 1.29 is 19.1 Å². The Morgan fingerprint density at radius 3 is 2.50 bits per heavy atom. The number of nitrogens with zero attached hydrogens (tertiary/aromatic N) is 3. The van der Waals surface area contributed by atoms with E-state index in [0.717, 1.165) is 12.2 Å². The number of hydrogen-bond donors (Lipinski definition) is 0. The second-order valence-corrected chi connectivity index (χ2v) is 6.73. The monoisotopic (exact) mass is 385 g/mol. The van der Waals surface area contributed by atoms with Crippen LogP contribution in [0.1, 0.15) is 29.9 Å². The number of carbonyl (C=O) groups excluding carboxylic acids is 2. The number of hydrogen-bond acceptors (Lipinski definition) is 4. The van der Waals surface area contributed by atoms with Gasteiger partial charge in [-0.15, -0.1) is 0 Å². The van der Waals surface area contributed by atoms with Crippen LogP contribution >= 0.6 is 0 Å². The van der Waals surface area contributed by atoms with Crippen molar-refractivity contribution in [3.8, 4) is 0 Å². The summed E-state index contributed by atoms with van der Waals surface area (Å²) in [5, 5.41) is 0. The van der Waals surface area contributed by atoms with Gasteiger partial charge in [0.25, 0.3) is 5.91 Å². The maximum Gasteiger partial charge on any atom is 0.272 e. The van der Waals surface area contributed by atoms with Crippen molar-refractivity contribution in [1.82, 2.24) is 14.4 Å². The van der Waals surface area contributed by atoms with Gasteiger partial charge in [0.05, 0.1) is 6.54 Å². The zero-order valence-electron chi connectivity index (χ0n) is 16.6. The second kappa shape index (κ2) is 8.58. The van der Waals surface area contributed by atoms with E-state index in [1.54, 1.807) is 14.0 Å². The van der Waals surface area contributed by atoms with Gasteiger partial charge in [-0.05, 0) is 24.6 Å². The Balaban J connectivity index is 0.000000330. The number of carbonyl (C=O) groups is 2.